The highest BCUT2D eigenvalue weighted by atomic mass is 35.5. The van der Waals surface area contributed by atoms with Crippen LogP contribution < -0.4 is 10.1 Å². The van der Waals surface area contributed by atoms with Crippen LogP contribution in [0.5, 0.6) is 5.75 Å². The number of carbonyl (C=O) groups excluding carboxylic acids is 1. The highest BCUT2D eigenvalue weighted by Gasteiger charge is 2.28. The SMILES string of the molecule is CC#CC(C)(CCO)NC(=O)C(CC)Oc1cc(Cl)cc(Cl)c1. The predicted octanol–water partition coefficient (Wildman–Crippen LogP) is 3.43. The molecule has 0 bridgehead atoms. The Hall–Kier alpha value is -1.41. The molecule has 1 rings (SSSR count). The van der Waals surface area contributed by atoms with Gasteiger partial charge in [0.25, 0.3) is 5.91 Å². The maximum atomic E-state index is 12.5. The van der Waals surface area contributed by atoms with Crippen LogP contribution in [-0.4, -0.2) is 29.3 Å². The Morgan fingerprint density at radius 1 is 1.39 bits per heavy atom. The Kier molecular flexibility index (Phi) is 7.70. The molecule has 0 aromatic heterocycles. The topological polar surface area (TPSA) is 58.6 Å². The standard InChI is InChI=1S/C17H21Cl2NO3/c1-4-6-17(3,7-8-21)20-16(22)15(5-2)23-14-10-12(18)9-13(19)11-14/h9-11,15,21H,5,7-8H2,1-3H3,(H,20,22). The number of nitrogens with one attached hydrogen (secondary N) is 1. The molecule has 0 saturated carbocycles. The number of hydrogen-bond donors (Lipinski definition) is 2. The van der Waals surface area contributed by atoms with E-state index in [0.717, 1.165) is 0 Å². The number of rotatable bonds is 7. The number of aliphatic hydroxyl groups is 1. The van der Waals surface area contributed by atoms with E-state index in [1.807, 2.05) is 6.92 Å². The molecular weight excluding hydrogens is 337 g/mol. The molecule has 0 spiro atoms. The van der Waals surface area contributed by atoms with E-state index in [1.165, 1.54) is 0 Å². The minimum atomic E-state index is -0.802. The van der Waals surface area contributed by atoms with Crippen molar-refractivity contribution < 1.29 is 14.6 Å². The zero-order chi connectivity index (χ0) is 17.5. The third-order valence-corrected chi connectivity index (χ3v) is 3.63. The largest absolute Gasteiger partial charge is 0.481 e. The number of amides is 1. The zero-order valence-electron chi connectivity index (χ0n) is 13.5. The molecule has 0 radical (unpaired) electrons. The van der Waals surface area contributed by atoms with Gasteiger partial charge in [0.15, 0.2) is 6.10 Å². The number of hydrogen-bond acceptors (Lipinski definition) is 3. The zero-order valence-corrected chi connectivity index (χ0v) is 15.0. The Balaban J connectivity index is 2.87. The first-order valence-electron chi connectivity index (χ1n) is 7.33. The monoisotopic (exact) mass is 357 g/mol. The van der Waals surface area contributed by atoms with Gasteiger partial charge in [-0.25, -0.2) is 0 Å². The summed E-state index contributed by atoms with van der Waals surface area (Å²) in [6.07, 6.45) is 0.0882. The fourth-order valence-corrected chi connectivity index (χ4v) is 2.60. The summed E-state index contributed by atoms with van der Waals surface area (Å²) < 4.78 is 5.70. The van der Waals surface area contributed by atoms with Crippen molar-refractivity contribution in [3.8, 4) is 17.6 Å². The molecule has 126 valence electrons. The average Bonchev–Trinajstić information content (AvgIpc) is 2.43. The van der Waals surface area contributed by atoms with Crippen LogP contribution in [0.15, 0.2) is 18.2 Å². The lowest BCUT2D eigenvalue weighted by Gasteiger charge is -2.27. The summed E-state index contributed by atoms with van der Waals surface area (Å²) in [4.78, 5) is 12.5. The van der Waals surface area contributed by atoms with Crippen LogP contribution in [0.25, 0.3) is 0 Å². The van der Waals surface area contributed by atoms with E-state index in [1.54, 1.807) is 32.0 Å². The van der Waals surface area contributed by atoms with Crippen molar-refractivity contribution in [3.05, 3.63) is 28.2 Å². The van der Waals surface area contributed by atoms with E-state index in [-0.39, 0.29) is 12.5 Å². The highest BCUT2D eigenvalue weighted by molar-refractivity contribution is 6.34. The molecule has 1 aromatic rings. The molecule has 2 unspecified atom stereocenters. The Bertz CT molecular complexity index is 589. The Morgan fingerprint density at radius 2 is 2.00 bits per heavy atom. The quantitative estimate of drug-likeness (QED) is 0.735. The fourth-order valence-electron chi connectivity index (χ4n) is 2.09. The van der Waals surface area contributed by atoms with E-state index in [2.05, 4.69) is 17.2 Å². The maximum absolute atomic E-state index is 12.5. The lowest BCUT2D eigenvalue weighted by Crippen LogP contribution is -2.50. The summed E-state index contributed by atoms with van der Waals surface area (Å²) >= 11 is 11.9. The molecule has 0 saturated heterocycles. The summed E-state index contributed by atoms with van der Waals surface area (Å²) in [5.41, 5.74) is -0.802. The van der Waals surface area contributed by atoms with Crippen molar-refractivity contribution in [3.63, 3.8) is 0 Å². The van der Waals surface area contributed by atoms with Gasteiger partial charge in [0, 0.05) is 23.1 Å². The van der Waals surface area contributed by atoms with Gasteiger partial charge in [-0.3, -0.25) is 4.79 Å². The van der Waals surface area contributed by atoms with Crippen molar-refractivity contribution in [1.29, 1.82) is 0 Å². The predicted molar refractivity (Wildman–Crippen MR) is 92.9 cm³/mol. The molecule has 1 aromatic carbocycles. The third kappa shape index (κ3) is 6.31. The van der Waals surface area contributed by atoms with Gasteiger partial charge in [-0.15, -0.1) is 5.92 Å². The van der Waals surface area contributed by atoms with E-state index in [4.69, 9.17) is 33.0 Å². The van der Waals surface area contributed by atoms with Crippen LogP contribution >= 0.6 is 23.2 Å². The van der Waals surface area contributed by atoms with Crippen LogP contribution in [0.1, 0.15) is 33.6 Å². The molecule has 1 amide bonds. The van der Waals surface area contributed by atoms with Gasteiger partial charge in [-0.05, 0) is 38.5 Å². The molecule has 2 N–H and O–H groups in total. The molecule has 2 atom stereocenters. The van der Waals surface area contributed by atoms with Gasteiger partial charge in [0.1, 0.15) is 11.3 Å². The smallest absolute Gasteiger partial charge is 0.262 e. The van der Waals surface area contributed by atoms with Crippen molar-refractivity contribution in [2.24, 2.45) is 0 Å². The van der Waals surface area contributed by atoms with Crippen molar-refractivity contribution in [1.82, 2.24) is 5.32 Å². The Labute approximate surface area is 147 Å². The fraction of sp³-hybridized carbons (Fsp3) is 0.471. The van der Waals surface area contributed by atoms with Crippen LogP contribution in [-0.2, 0) is 4.79 Å². The van der Waals surface area contributed by atoms with Crippen LogP contribution in [0.2, 0.25) is 10.0 Å². The van der Waals surface area contributed by atoms with E-state index < -0.39 is 11.6 Å². The van der Waals surface area contributed by atoms with Gasteiger partial charge in [-0.1, -0.05) is 36.0 Å². The molecule has 0 aliphatic heterocycles. The average molecular weight is 358 g/mol. The molecule has 4 nitrogen and oxygen atoms in total. The molecule has 6 heteroatoms. The minimum absolute atomic E-state index is 0.0764. The van der Waals surface area contributed by atoms with Crippen molar-refractivity contribution in [2.75, 3.05) is 6.61 Å². The van der Waals surface area contributed by atoms with Crippen LogP contribution in [0.4, 0.5) is 0 Å². The molecule has 23 heavy (non-hydrogen) atoms. The maximum Gasteiger partial charge on any atom is 0.262 e. The summed E-state index contributed by atoms with van der Waals surface area (Å²) in [5, 5.41) is 12.9. The van der Waals surface area contributed by atoms with Gasteiger partial charge in [0.2, 0.25) is 0 Å². The number of carbonyl (C=O) groups is 1. The number of ether oxygens (including phenoxy) is 1. The van der Waals surface area contributed by atoms with Gasteiger partial charge < -0.3 is 15.2 Å². The molecule has 0 heterocycles. The molecule has 0 aliphatic rings. The second-order valence-electron chi connectivity index (χ2n) is 5.29. The van der Waals surface area contributed by atoms with Crippen LogP contribution in [0.3, 0.4) is 0 Å². The first-order chi connectivity index (χ1) is 10.8. The van der Waals surface area contributed by atoms with E-state index in [0.29, 0.717) is 28.6 Å². The van der Waals surface area contributed by atoms with Gasteiger partial charge >= 0.3 is 0 Å². The van der Waals surface area contributed by atoms with Gasteiger partial charge in [0.05, 0.1) is 0 Å². The van der Waals surface area contributed by atoms with Gasteiger partial charge in [-0.2, -0.15) is 0 Å². The highest BCUT2D eigenvalue weighted by Crippen LogP contribution is 2.25. The van der Waals surface area contributed by atoms with Crippen molar-refractivity contribution >= 4 is 29.1 Å². The van der Waals surface area contributed by atoms with E-state index in [9.17, 15) is 4.79 Å². The lowest BCUT2D eigenvalue weighted by atomic mass is 9.98. The molecule has 0 fully saturated rings. The lowest BCUT2D eigenvalue weighted by molar-refractivity contribution is -0.129. The number of halogens is 2. The summed E-state index contributed by atoms with van der Waals surface area (Å²) in [6.45, 7) is 5.21. The van der Waals surface area contributed by atoms with E-state index >= 15 is 0 Å². The third-order valence-electron chi connectivity index (χ3n) is 3.19. The normalized spacial score (nSPS) is 14.2. The second-order valence-corrected chi connectivity index (χ2v) is 6.16. The second kappa shape index (κ2) is 9.02. The first-order valence-corrected chi connectivity index (χ1v) is 8.08. The van der Waals surface area contributed by atoms with Crippen molar-refractivity contribution in [2.45, 2.75) is 45.3 Å². The summed E-state index contributed by atoms with van der Waals surface area (Å²) in [7, 11) is 0. The Morgan fingerprint density at radius 3 is 2.48 bits per heavy atom. The van der Waals surface area contributed by atoms with Crippen LogP contribution in [0, 0.1) is 11.8 Å². The number of benzene rings is 1. The first kappa shape index (κ1) is 19.6. The molecular formula is C17H21Cl2NO3. The summed E-state index contributed by atoms with van der Waals surface area (Å²) in [5.74, 6) is 5.80. The number of aliphatic hydroxyl groups excluding tert-OH is 1. The molecule has 0 aliphatic carbocycles. The minimum Gasteiger partial charge on any atom is -0.481 e. The summed E-state index contributed by atoms with van der Waals surface area (Å²) in [6, 6.07) is 4.79.